The van der Waals surface area contributed by atoms with E-state index in [1.807, 2.05) is 30.3 Å². The van der Waals surface area contributed by atoms with Crippen LogP contribution in [0.1, 0.15) is 11.6 Å². The van der Waals surface area contributed by atoms with Crippen molar-refractivity contribution in [2.75, 3.05) is 19.6 Å². The largest absolute Gasteiger partial charge is 0.353 e. The van der Waals surface area contributed by atoms with Crippen molar-refractivity contribution >= 4 is 36.2 Å². The molecule has 1 atom stereocenters. The molecular formula is C16H19ClN4O4. The number of hydrogen-bond acceptors (Lipinski definition) is 5. The van der Waals surface area contributed by atoms with Gasteiger partial charge in [-0.3, -0.25) is 19.3 Å². The van der Waals surface area contributed by atoms with Crippen LogP contribution in [-0.2, 0) is 14.4 Å². The molecule has 0 saturated carbocycles. The van der Waals surface area contributed by atoms with Crippen molar-refractivity contribution in [3.8, 4) is 0 Å². The molecule has 134 valence electrons. The lowest BCUT2D eigenvalue weighted by Gasteiger charge is -2.16. The number of rotatable bonds is 7. The molecule has 1 fully saturated rings. The number of halogens is 1. The molecule has 1 unspecified atom stereocenters. The van der Waals surface area contributed by atoms with Gasteiger partial charge in [0.25, 0.3) is 0 Å². The van der Waals surface area contributed by atoms with E-state index in [2.05, 4.69) is 11.9 Å². The Bertz CT molecular complexity index is 680. The van der Waals surface area contributed by atoms with Crippen LogP contribution in [0, 0.1) is 0 Å². The van der Waals surface area contributed by atoms with E-state index in [1.54, 1.807) is 0 Å². The van der Waals surface area contributed by atoms with Gasteiger partial charge in [0.1, 0.15) is 6.54 Å². The Morgan fingerprint density at radius 3 is 2.36 bits per heavy atom. The molecule has 0 bridgehead atoms. The number of amides is 5. The summed E-state index contributed by atoms with van der Waals surface area (Å²) in [5, 5.41) is 2.55. The summed E-state index contributed by atoms with van der Waals surface area (Å²) in [7, 11) is 0. The molecule has 1 saturated heterocycles. The molecule has 25 heavy (non-hydrogen) atoms. The Morgan fingerprint density at radius 2 is 1.76 bits per heavy atom. The first-order valence-corrected chi connectivity index (χ1v) is 7.31. The van der Waals surface area contributed by atoms with Gasteiger partial charge in [-0.15, -0.1) is 19.0 Å². The maximum absolute atomic E-state index is 12.0. The summed E-state index contributed by atoms with van der Waals surface area (Å²) in [6.07, 6.45) is 1.32. The highest BCUT2D eigenvalue weighted by molar-refractivity contribution is 6.45. The van der Waals surface area contributed by atoms with Crippen LogP contribution in [0.5, 0.6) is 0 Å². The lowest BCUT2D eigenvalue weighted by atomic mass is 10.1. The number of carbonyl (C=O) groups excluding carboxylic acids is 4. The summed E-state index contributed by atoms with van der Waals surface area (Å²) in [6, 6.07) is 7.93. The minimum atomic E-state index is -1.02. The van der Waals surface area contributed by atoms with E-state index in [0.29, 0.717) is 4.90 Å². The smallest absolute Gasteiger partial charge is 0.335 e. The van der Waals surface area contributed by atoms with Gasteiger partial charge in [0.05, 0.1) is 0 Å². The molecule has 5 amide bonds. The molecule has 0 aliphatic carbocycles. The Morgan fingerprint density at radius 1 is 1.16 bits per heavy atom. The first kappa shape index (κ1) is 20.3. The number of nitrogens with one attached hydrogen (secondary N) is 1. The number of carbonyl (C=O) groups is 4. The van der Waals surface area contributed by atoms with Crippen molar-refractivity contribution in [3.05, 3.63) is 48.6 Å². The maximum Gasteiger partial charge on any atom is 0.335 e. The third-order valence-corrected chi connectivity index (χ3v) is 3.50. The van der Waals surface area contributed by atoms with Crippen LogP contribution in [0.15, 0.2) is 43.0 Å². The SMILES string of the molecule is C=CCN1C(=O)C(=O)N(CC(=O)NCC(N)c2ccccc2)C1=O.Cl. The number of nitrogens with two attached hydrogens (primary N) is 1. The molecule has 3 N–H and O–H groups in total. The molecule has 2 rings (SSSR count). The van der Waals surface area contributed by atoms with Gasteiger partial charge in [-0.25, -0.2) is 9.69 Å². The first-order valence-electron chi connectivity index (χ1n) is 7.31. The molecule has 0 aromatic heterocycles. The normalized spacial score (nSPS) is 15.0. The Kier molecular flexibility index (Phi) is 7.28. The van der Waals surface area contributed by atoms with Crippen LogP contribution in [0.25, 0.3) is 0 Å². The zero-order valence-electron chi connectivity index (χ0n) is 13.4. The van der Waals surface area contributed by atoms with Crippen LogP contribution < -0.4 is 11.1 Å². The van der Waals surface area contributed by atoms with Gasteiger partial charge < -0.3 is 11.1 Å². The lowest BCUT2D eigenvalue weighted by molar-refractivity contribution is -0.143. The zero-order valence-corrected chi connectivity index (χ0v) is 14.2. The van der Waals surface area contributed by atoms with Crippen LogP contribution >= 0.6 is 12.4 Å². The number of nitrogens with zero attached hydrogens (tertiary/aromatic N) is 2. The van der Waals surface area contributed by atoms with Crippen molar-refractivity contribution in [2.45, 2.75) is 6.04 Å². The van der Waals surface area contributed by atoms with E-state index < -0.39 is 36.3 Å². The molecule has 0 spiro atoms. The Balaban J connectivity index is 0.00000312. The molecule has 1 heterocycles. The summed E-state index contributed by atoms with van der Waals surface area (Å²) in [5.41, 5.74) is 6.80. The second kappa shape index (κ2) is 8.95. The van der Waals surface area contributed by atoms with Gasteiger partial charge in [-0.1, -0.05) is 36.4 Å². The van der Waals surface area contributed by atoms with E-state index in [0.717, 1.165) is 10.5 Å². The molecule has 1 aliphatic heterocycles. The van der Waals surface area contributed by atoms with E-state index >= 15 is 0 Å². The molecule has 1 aliphatic rings. The quantitative estimate of drug-likeness (QED) is 0.406. The minimum Gasteiger partial charge on any atom is -0.353 e. The summed E-state index contributed by atoms with van der Waals surface area (Å²) in [4.78, 5) is 48.7. The monoisotopic (exact) mass is 366 g/mol. The Hall–Kier alpha value is -2.71. The number of benzene rings is 1. The predicted octanol–water partition coefficient (Wildman–Crippen LogP) is 0.201. The van der Waals surface area contributed by atoms with Crippen LogP contribution in [0.3, 0.4) is 0 Å². The number of imide groups is 2. The molecular weight excluding hydrogens is 348 g/mol. The highest BCUT2D eigenvalue weighted by atomic mass is 35.5. The highest BCUT2D eigenvalue weighted by Gasteiger charge is 2.44. The van der Waals surface area contributed by atoms with Gasteiger partial charge in [-0.2, -0.15) is 0 Å². The van der Waals surface area contributed by atoms with Gasteiger partial charge in [0, 0.05) is 19.1 Å². The van der Waals surface area contributed by atoms with Crippen LogP contribution in [0.2, 0.25) is 0 Å². The zero-order chi connectivity index (χ0) is 17.7. The van der Waals surface area contributed by atoms with E-state index in [-0.39, 0.29) is 25.5 Å². The van der Waals surface area contributed by atoms with E-state index in [9.17, 15) is 19.2 Å². The summed E-state index contributed by atoms with van der Waals surface area (Å²) >= 11 is 0. The number of urea groups is 1. The summed E-state index contributed by atoms with van der Waals surface area (Å²) < 4.78 is 0. The van der Waals surface area contributed by atoms with Crippen molar-refractivity contribution in [3.63, 3.8) is 0 Å². The second-order valence-corrected chi connectivity index (χ2v) is 5.20. The van der Waals surface area contributed by atoms with Crippen molar-refractivity contribution < 1.29 is 19.2 Å². The molecule has 1 aromatic carbocycles. The molecule has 1 aromatic rings. The third-order valence-electron chi connectivity index (χ3n) is 3.50. The summed E-state index contributed by atoms with van der Waals surface area (Å²) in [6.45, 7) is 2.94. The lowest BCUT2D eigenvalue weighted by Crippen LogP contribution is -2.43. The summed E-state index contributed by atoms with van der Waals surface area (Å²) in [5.74, 6) is -2.56. The van der Waals surface area contributed by atoms with Gasteiger partial charge in [0.2, 0.25) is 5.91 Å². The van der Waals surface area contributed by atoms with Gasteiger partial charge in [0.15, 0.2) is 0 Å². The van der Waals surface area contributed by atoms with Crippen molar-refractivity contribution in [1.29, 1.82) is 0 Å². The van der Waals surface area contributed by atoms with Gasteiger partial charge in [-0.05, 0) is 5.56 Å². The molecule has 0 radical (unpaired) electrons. The van der Waals surface area contributed by atoms with E-state index in [4.69, 9.17) is 5.73 Å². The average Bonchev–Trinajstić information content (AvgIpc) is 2.79. The fraction of sp³-hybridized carbons (Fsp3) is 0.250. The highest BCUT2D eigenvalue weighted by Crippen LogP contribution is 2.12. The molecule has 8 nitrogen and oxygen atoms in total. The molecule has 9 heteroatoms. The van der Waals surface area contributed by atoms with Crippen molar-refractivity contribution in [2.24, 2.45) is 5.73 Å². The fourth-order valence-electron chi connectivity index (χ4n) is 2.22. The van der Waals surface area contributed by atoms with Crippen molar-refractivity contribution in [1.82, 2.24) is 15.1 Å². The average molecular weight is 367 g/mol. The third kappa shape index (κ3) is 4.65. The number of hydrogen-bond donors (Lipinski definition) is 2. The standard InChI is InChI=1S/C16H18N4O4.ClH/c1-2-8-19-14(22)15(23)20(16(19)24)10-13(21)18-9-12(17)11-6-4-3-5-7-11;/h2-7,12H,1,8-10,17H2,(H,18,21);1H. The maximum atomic E-state index is 12.0. The van der Waals surface area contributed by atoms with E-state index in [1.165, 1.54) is 6.08 Å². The fourth-order valence-corrected chi connectivity index (χ4v) is 2.22. The minimum absolute atomic E-state index is 0. The second-order valence-electron chi connectivity index (χ2n) is 5.20. The van der Waals surface area contributed by atoms with Gasteiger partial charge >= 0.3 is 17.8 Å². The topological polar surface area (TPSA) is 113 Å². The Labute approximate surface area is 151 Å². The first-order chi connectivity index (χ1) is 11.5. The predicted molar refractivity (Wildman–Crippen MR) is 92.6 cm³/mol. The van der Waals surface area contributed by atoms with Crippen LogP contribution in [-0.4, -0.2) is 53.2 Å². The van der Waals surface area contributed by atoms with Crippen LogP contribution in [0.4, 0.5) is 4.79 Å².